The summed E-state index contributed by atoms with van der Waals surface area (Å²) in [5.41, 5.74) is 0.400. The molecule has 0 saturated carbocycles. The second-order valence-electron chi connectivity index (χ2n) is 3.56. The maximum Gasteiger partial charge on any atom is 0.237 e. The van der Waals surface area contributed by atoms with Crippen molar-refractivity contribution in [2.45, 2.75) is 38.5 Å². The van der Waals surface area contributed by atoms with E-state index in [-0.39, 0.29) is 0 Å². The predicted octanol–water partition coefficient (Wildman–Crippen LogP) is 1.68. The standard InChI is InChI=1S/C7H19NO2Si/c1-6(8-3)7(2)11(4,5)10-9/h6-9H,1-5H3. The van der Waals surface area contributed by atoms with E-state index < -0.39 is 8.32 Å². The second-order valence-corrected chi connectivity index (χ2v) is 7.86. The van der Waals surface area contributed by atoms with E-state index in [2.05, 4.69) is 23.7 Å². The van der Waals surface area contributed by atoms with Gasteiger partial charge in [0.2, 0.25) is 8.32 Å². The van der Waals surface area contributed by atoms with E-state index in [9.17, 15) is 0 Å². The van der Waals surface area contributed by atoms with E-state index in [0.29, 0.717) is 11.6 Å². The predicted molar refractivity (Wildman–Crippen MR) is 49.1 cm³/mol. The van der Waals surface area contributed by atoms with Crippen LogP contribution in [0.1, 0.15) is 13.8 Å². The molecular weight excluding hydrogens is 158 g/mol. The highest BCUT2D eigenvalue weighted by Gasteiger charge is 2.34. The summed E-state index contributed by atoms with van der Waals surface area (Å²) >= 11 is 0. The molecule has 0 aliphatic heterocycles. The van der Waals surface area contributed by atoms with Crippen LogP contribution in [-0.2, 0) is 4.58 Å². The van der Waals surface area contributed by atoms with Crippen LogP contribution in [0.15, 0.2) is 0 Å². The van der Waals surface area contributed by atoms with Gasteiger partial charge in [-0.3, -0.25) is 9.83 Å². The first kappa shape index (κ1) is 11.1. The minimum Gasteiger partial charge on any atom is -0.317 e. The van der Waals surface area contributed by atoms with Gasteiger partial charge in [-0.15, -0.1) is 0 Å². The molecule has 0 fully saturated rings. The molecule has 3 nitrogen and oxygen atoms in total. The molecular formula is C7H19NO2Si. The monoisotopic (exact) mass is 177 g/mol. The lowest BCUT2D eigenvalue weighted by atomic mass is 10.2. The van der Waals surface area contributed by atoms with Crippen molar-refractivity contribution in [3.05, 3.63) is 0 Å². The Morgan fingerprint density at radius 3 is 2.09 bits per heavy atom. The minimum atomic E-state index is -1.87. The molecule has 0 rings (SSSR count). The molecule has 68 valence electrons. The van der Waals surface area contributed by atoms with E-state index in [1.165, 1.54) is 0 Å². The Hall–Kier alpha value is 0.0969. The Morgan fingerprint density at radius 1 is 1.36 bits per heavy atom. The van der Waals surface area contributed by atoms with Gasteiger partial charge in [-0.25, -0.2) is 0 Å². The Kier molecular flexibility index (Phi) is 4.24. The van der Waals surface area contributed by atoms with Gasteiger partial charge in [0.25, 0.3) is 0 Å². The highest BCUT2D eigenvalue weighted by Crippen LogP contribution is 2.24. The molecule has 0 aromatic rings. The molecule has 11 heavy (non-hydrogen) atoms. The Balaban J connectivity index is 4.10. The van der Waals surface area contributed by atoms with E-state index in [4.69, 9.17) is 5.26 Å². The van der Waals surface area contributed by atoms with Crippen molar-refractivity contribution in [2.24, 2.45) is 0 Å². The first-order chi connectivity index (χ1) is 4.95. The van der Waals surface area contributed by atoms with Crippen LogP contribution >= 0.6 is 0 Å². The maximum absolute atomic E-state index is 8.64. The van der Waals surface area contributed by atoms with Crippen molar-refractivity contribution in [2.75, 3.05) is 7.05 Å². The zero-order chi connectivity index (χ0) is 9.07. The summed E-state index contributed by atoms with van der Waals surface area (Å²) in [6, 6.07) is 0.392. The highest BCUT2D eigenvalue weighted by atomic mass is 28.4. The molecule has 0 aliphatic carbocycles. The topological polar surface area (TPSA) is 41.5 Å². The normalized spacial score (nSPS) is 18.0. The molecule has 2 atom stereocenters. The average Bonchev–Trinajstić information content (AvgIpc) is 2.01. The lowest BCUT2D eigenvalue weighted by molar-refractivity contribution is -0.152. The number of hydrogen-bond donors (Lipinski definition) is 2. The van der Waals surface area contributed by atoms with Crippen molar-refractivity contribution in [1.29, 1.82) is 0 Å². The molecule has 0 bridgehead atoms. The van der Waals surface area contributed by atoms with E-state index in [1.54, 1.807) is 0 Å². The van der Waals surface area contributed by atoms with Crippen LogP contribution in [0.3, 0.4) is 0 Å². The van der Waals surface area contributed by atoms with Crippen LogP contribution < -0.4 is 5.32 Å². The van der Waals surface area contributed by atoms with Gasteiger partial charge in [0.15, 0.2) is 0 Å². The molecule has 0 spiro atoms. The van der Waals surface area contributed by atoms with Crippen LogP contribution in [0.2, 0.25) is 18.6 Å². The van der Waals surface area contributed by atoms with E-state index >= 15 is 0 Å². The molecule has 0 aromatic heterocycles. The lowest BCUT2D eigenvalue weighted by Gasteiger charge is -2.30. The first-order valence-electron chi connectivity index (χ1n) is 3.95. The molecule has 0 aliphatic rings. The lowest BCUT2D eigenvalue weighted by Crippen LogP contribution is -2.43. The fraction of sp³-hybridized carbons (Fsp3) is 1.00. The van der Waals surface area contributed by atoms with Gasteiger partial charge in [0, 0.05) is 6.04 Å². The molecule has 2 unspecified atom stereocenters. The zero-order valence-corrected chi connectivity index (χ0v) is 9.01. The third-order valence-corrected chi connectivity index (χ3v) is 5.70. The summed E-state index contributed by atoms with van der Waals surface area (Å²) in [5.74, 6) is 0. The second kappa shape index (κ2) is 4.20. The average molecular weight is 177 g/mol. The van der Waals surface area contributed by atoms with Gasteiger partial charge in [-0.05, 0) is 32.6 Å². The van der Waals surface area contributed by atoms with Gasteiger partial charge < -0.3 is 5.32 Å². The first-order valence-corrected chi connectivity index (χ1v) is 6.94. The fourth-order valence-corrected chi connectivity index (χ4v) is 2.47. The Morgan fingerprint density at radius 2 is 1.82 bits per heavy atom. The van der Waals surface area contributed by atoms with Gasteiger partial charge in [-0.2, -0.15) is 0 Å². The van der Waals surface area contributed by atoms with Crippen LogP contribution in [0.25, 0.3) is 0 Å². The Bertz CT molecular complexity index is 119. The van der Waals surface area contributed by atoms with E-state index in [0.717, 1.165) is 0 Å². The molecule has 4 heteroatoms. The summed E-state index contributed by atoms with van der Waals surface area (Å²) in [4.78, 5) is 0. The summed E-state index contributed by atoms with van der Waals surface area (Å²) < 4.78 is 4.52. The van der Waals surface area contributed by atoms with Gasteiger partial charge in [0.05, 0.1) is 0 Å². The third-order valence-electron chi connectivity index (χ3n) is 2.54. The SMILES string of the molecule is CNC(C)C(C)[Si](C)(C)OO. The van der Waals surface area contributed by atoms with Crippen LogP contribution in [0.5, 0.6) is 0 Å². The third kappa shape index (κ3) is 2.90. The quantitative estimate of drug-likeness (QED) is 0.390. The molecule has 0 radical (unpaired) electrons. The van der Waals surface area contributed by atoms with Crippen LogP contribution in [-0.4, -0.2) is 26.7 Å². The summed E-state index contributed by atoms with van der Waals surface area (Å²) in [5, 5.41) is 11.8. The minimum absolute atomic E-state index is 0.392. The van der Waals surface area contributed by atoms with Crippen molar-refractivity contribution in [3.8, 4) is 0 Å². The summed E-state index contributed by atoms with van der Waals surface area (Å²) in [6.07, 6.45) is 0. The van der Waals surface area contributed by atoms with Gasteiger partial charge in [-0.1, -0.05) is 6.92 Å². The van der Waals surface area contributed by atoms with Crippen molar-refractivity contribution in [3.63, 3.8) is 0 Å². The van der Waals surface area contributed by atoms with Crippen LogP contribution in [0.4, 0.5) is 0 Å². The van der Waals surface area contributed by atoms with Crippen molar-refractivity contribution in [1.82, 2.24) is 5.32 Å². The molecule has 0 aromatic carbocycles. The molecule has 0 saturated heterocycles. The smallest absolute Gasteiger partial charge is 0.237 e. The number of nitrogens with one attached hydrogen (secondary N) is 1. The molecule has 2 N–H and O–H groups in total. The maximum atomic E-state index is 8.64. The molecule has 0 heterocycles. The number of rotatable bonds is 4. The van der Waals surface area contributed by atoms with Gasteiger partial charge in [0.1, 0.15) is 0 Å². The summed E-state index contributed by atoms with van der Waals surface area (Å²) in [7, 11) is 0.0480. The zero-order valence-electron chi connectivity index (χ0n) is 8.01. The Labute approximate surface area is 69.8 Å². The van der Waals surface area contributed by atoms with Crippen LogP contribution in [0, 0.1) is 0 Å². The highest BCUT2D eigenvalue weighted by molar-refractivity contribution is 6.72. The largest absolute Gasteiger partial charge is 0.317 e. The number of hydrogen-bond acceptors (Lipinski definition) is 3. The summed E-state index contributed by atoms with van der Waals surface area (Å²) in [6.45, 7) is 8.21. The fourth-order valence-electron chi connectivity index (χ4n) is 0.935. The molecule has 0 amide bonds. The van der Waals surface area contributed by atoms with Crippen molar-refractivity contribution >= 4 is 8.32 Å². The van der Waals surface area contributed by atoms with Crippen molar-refractivity contribution < 1.29 is 9.83 Å². The van der Waals surface area contributed by atoms with E-state index in [1.807, 2.05) is 20.1 Å². The van der Waals surface area contributed by atoms with Gasteiger partial charge >= 0.3 is 0 Å².